The predicted octanol–water partition coefficient (Wildman–Crippen LogP) is 0.573. The summed E-state index contributed by atoms with van der Waals surface area (Å²) in [6.07, 6.45) is 0.218. The van der Waals surface area contributed by atoms with Gasteiger partial charge in [0.05, 0.1) is 17.4 Å². The Balaban J connectivity index is 1.89. The fraction of sp³-hybridized carbons (Fsp3) is 0.500. The van der Waals surface area contributed by atoms with Gasteiger partial charge in [0.1, 0.15) is 0 Å². The number of aliphatic hydroxyl groups excluding tert-OH is 1. The molecule has 1 aromatic rings. The van der Waals surface area contributed by atoms with Crippen LogP contribution >= 0.6 is 0 Å². The smallest absolute Gasteiger partial charge is 0.243 e. The highest BCUT2D eigenvalue weighted by atomic mass is 32.2. The number of aliphatic hydroxyl groups is 1. The minimum Gasteiger partial charge on any atom is -0.391 e. The molecule has 1 fully saturated rings. The summed E-state index contributed by atoms with van der Waals surface area (Å²) < 4.78 is 26.6. The van der Waals surface area contributed by atoms with Gasteiger partial charge < -0.3 is 10.4 Å². The summed E-state index contributed by atoms with van der Waals surface area (Å²) in [6.45, 7) is 2.45. The van der Waals surface area contributed by atoms with Crippen molar-refractivity contribution < 1.29 is 18.3 Å². The monoisotopic (exact) mass is 310 g/mol. The summed E-state index contributed by atoms with van der Waals surface area (Å²) in [7, 11) is -3.62. The highest BCUT2D eigenvalue weighted by Gasteiger charge is 2.33. The van der Waals surface area contributed by atoms with Crippen molar-refractivity contribution in [2.45, 2.75) is 30.8 Å². The summed E-state index contributed by atoms with van der Waals surface area (Å²) in [4.78, 5) is 11.5. The maximum absolute atomic E-state index is 12.6. The van der Waals surface area contributed by atoms with Gasteiger partial charge in [-0.15, -0.1) is 0 Å². The number of carbonyl (C=O) groups excluding carboxylic acids is 1. The lowest BCUT2D eigenvalue weighted by atomic mass is 9.98. The molecule has 1 saturated heterocycles. The number of hydrogen-bond donors (Lipinski definition) is 2. The second-order valence-corrected chi connectivity index (χ2v) is 7.68. The molecule has 0 aromatic heterocycles. The molecule has 1 aromatic carbocycles. The summed E-state index contributed by atoms with van der Waals surface area (Å²) in [5.74, 6) is -0.0138. The molecule has 7 heteroatoms. The molecule has 3 rings (SSSR count). The van der Waals surface area contributed by atoms with Crippen LogP contribution in [0.25, 0.3) is 0 Å². The standard InChI is InChI=1S/C14H18N2O4S/c1-9-4-5-16(8-13(9)17)21(19,20)11-2-3-12-10(6-11)7-14(18)15-12/h2-3,6,9,13,17H,4-5,7-8H2,1H3,(H,15,18). The Morgan fingerprint density at radius 2 is 2.14 bits per heavy atom. The van der Waals surface area contributed by atoms with Gasteiger partial charge in [0.2, 0.25) is 15.9 Å². The van der Waals surface area contributed by atoms with Gasteiger partial charge in [-0.25, -0.2) is 8.42 Å². The van der Waals surface area contributed by atoms with Crippen molar-refractivity contribution in [3.63, 3.8) is 0 Å². The lowest BCUT2D eigenvalue weighted by molar-refractivity contribution is -0.115. The highest BCUT2D eigenvalue weighted by molar-refractivity contribution is 7.89. The minimum absolute atomic E-state index is 0.110. The summed E-state index contributed by atoms with van der Waals surface area (Å²) in [6, 6.07) is 4.67. The molecule has 0 radical (unpaired) electrons. The molecule has 1 amide bonds. The highest BCUT2D eigenvalue weighted by Crippen LogP contribution is 2.29. The third-order valence-electron chi connectivity index (χ3n) is 4.22. The molecule has 0 bridgehead atoms. The second kappa shape index (κ2) is 5.08. The number of nitrogens with zero attached hydrogens (tertiary/aromatic N) is 1. The molecule has 21 heavy (non-hydrogen) atoms. The van der Waals surface area contributed by atoms with E-state index < -0.39 is 16.1 Å². The number of carbonyl (C=O) groups is 1. The van der Waals surface area contributed by atoms with Crippen molar-refractivity contribution in [3.8, 4) is 0 Å². The van der Waals surface area contributed by atoms with Crippen LogP contribution in [0.5, 0.6) is 0 Å². The number of amides is 1. The lowest BCUT2D eigenvalue weighted by Gasteiger charge is -2.33. The lowest BCUT2D eigenvalue weighted by Crippen LogP contribution is -2.45. The van der Waals surface area contributed by atoms with Crippen LogP contribution in [0.3, 0.4) is 0 Å². The van der Waals surface area contributed by atoms with Crippen molar-refractivity contribution in [1.82, 2.24) is 4.31 Å². The van der Waals surface area contributed by atoms with Crippen molar-refractivity contribution >= 4 is 21.6 Å². The minimum atomic E-state index is -3.62. The largest absolute Gasteiger partial charge is 0.391 e. The van der Waals surface area contributed by atoms with Crippen molar-refractivity contribution in [2.75, 3.05) is 18.4 Å². The van der Waals surface area contributed by atoms with E-state index in [1.807, 2.05) is 6.92 Å². The first-order valence-corrected chi connectivity index (χ1v) is 8.43. The molecule has 6 nitrogen and oxygen atoms in total. The average Bonchev–Trinajstić information content (AvgIpc) is 2.80. The van der Waals surface area contributed by atoms with Crippen LogP contribution in [0.15, 0.2) is 23.1 Å². The van der Waals surface area contributed by atoms with Gasteiger partial charge in [-0.1, -0.05) is 6.92 Å². The Hall–Kier alpha value is -1.44. The van der Waals surface area contributed by atoms with Crippen LogP contribution in [-0.4, -0.2) is 42.9 Å². The predicted molar refractivity (Wildman–Crippen MR) is 77.3 cm³/mol. The normalized spacial score (nSPS) is 26.5. The van der Waals surface area contributed by atoms with E-state index in [1.54, 1.807) is 12.1 Å². The fourth-order valence-corrected chi connectivity index (χ4v) is 4.28. The van der Waals surface area contributed by atoms with Gasteiger partial charge in [0, 0.05) is 18.8 Å². The number of piperidine rings is 1. The molecule has 2 unspecified atom stereocenters. The zero-order chi connectivity index (χ0) is 15.2. The maximum atomic E-state index is 12.6. The quantitative estimate of drug-likeness (QED) is 0.836. The van der Waals surface area contributed by atoms with Crippen LogP contribution in [0.1, 0.15) is 18.9 Å². The zero-order valence-corrected chi connectivity index (χ0v) is 12.6. The molecule has 2 aliphatic heterocycles. The molecule has 0 aliphatic carbocycles. The molecule has 2 heterocycles. The van der Waals surface area contributed by atoms with Crippen LogP contribution in [0.2, 0.25) is 0 Å². The van der Waals surface area contributed by atoms with Crippen LogP contribution in [-0.2, 0) is 21.2 Å². The maximum Gasteiger partial charge on any atom is 0.243 e. The van der Waals surface area contributed by atoms with E-state index in [0.29, 0.717) is 24.2 Å². The van der Waals surface area contributed by atoms with E-state index in [2.05, 4.69) is 5.32 Å². The number of anilines is 1. The number of nitrogens with one attached hydrogen (secondary N) is 1. The molecule has 2 N–H and O–H groups in total. The zero-order valence-electron chi connectivity index (χ0n) is 11.7. The number of sulfonamides is 1. The average molecular weight is 310 g/mol. The first kappa shape index (κ1) is 14.5. The fourth-order valence-electron chi connectivity index (χ4n) is 2.75. The van der Waals surface area contributed by atoms with Gasteiger partial charge >= 0.3 is 0 Å². The van der Waals surface area contributed by atoms with Gasteiger partial charge in [-0.2, -0.15) is 4.31 Å². The van der Waals surface area contributed by atoms with Gasteiger partial charge in [0.25, 0.3) is 0 Å². The van der Waals surface area contributed by atoms with Crippen molar-refractivity contribution in [3.05, 3.63) is 23.8 Å². The Labute approximate surface area is 123 Å². The van der Waals surface area contributed by atoms with Crippen LogP contribution in [0, 0.1) is 5.92 Å². The van der Waals surface area contributed by atoms with Crippen LogP contribution in [0.4, 0.5) is 5.69 Å². The summed E-state index contributed by atoms with van der Waals surface area (Å²) in [5.41, 5.74) is 1.37. The van der Waals surface area contributed by atoms with E-state index in [1.165, 1.54) is 10.4 Å². The molecule has 2 aliphatic rings. The van der Waals surface area contributed by atoms with E-state index >= 15 is 0 Å². The first-order valence-electron chi connectivity index (χ1n) is 6.99. The number of β-amino-alcohol motifs (C(OH)–C–C–N with tert-alkyl or cyclic N) is 1. The van der Waals surface area contributed by atoms with E-state index in [0.717, 1.165) is 0 Å². The summed E-state index contributed by atoms with van der Waals surface area (Å²) in [5, 5.41) is 12.6. The van der Waals surface area contributed by atoms with Crippen LogP contribution < -0.4 is 5.32 Å². The SMILES string of the molecule is CC1CCN(S(=O)(=O)c2ccc3c(c2)CC(=O)N3)CC1O. The van der Waals surface area contributed by atoms with Crippen molar-refractivity contribution in [2.24, 2.45) is 5.92 Å². The molecular formula is C14H18N2O4S. The topological polar surface area (TPSA) is 86.7 Å². The van der Waals surface area contributed by atoms with E-state index in [-0.39, 0.29) is 29.7 Å². The number of hydrogen-bond acceptors (Lipinski definition) is 4. The Morgan fingerprint density at radius 3 is 2.86 bits per heavy atom. The molecule has 2 atom stereocenters. The molecule has 0 saturated carbocycles. The van der Waals surface area contributed by atoms with Gasteiger partial charge in [-0.05, 0) is 36.1 Å². The number of fused-ring (bicyclic) bond motifs is 1. The van der Waals surface area contributed by atoms with E-state index in [9.17, 15) is 18.3 Å². The molecule has 0 spiro atoms. The first-order chi connectivity index (χ1) is 9.88. The Bertz CT molecular complexity index is 686. The number of benzene rings is 1. The number of rotatable bonds is 2. The Kier molecular flexibility index (Phi) is 3.51. The van der Waals surface area contributed by atoms with E-state index in [4.69, 9.17) is 0 Å². The van der Waals surface area contributed by atoms with Gasteiger partial charge in [0.15, 0.2) is 0 Å². The third kappa shape index (κ3) is 2.56. The Morgan fingerprint density at radius 1 is 1.38 bits per heavy atom. The third-order valence-corrected chi connectivity index (χ3v) is 6.08. The second-order valence-electron chi connectivity index (χ2n) is 5.74. The van der Waals surface area contributed by atoms with Crippen molar-refractivity contribution in [1.29, 1.82) is 0 Å². The van der Waals surface area contributed by atoms with Gasteiger partial charge in [-0.3, -0.25) is 4.79 Å². The molecular weight excluding hydrogens is 292 g/mol. The molecule has 114 valence electrons. The summed E-state index contributed by atoms with van der Waals surface area (Å²) >= 11 is 0.